The molecule has 2 N–H and O–H groups in total. The lowest BCUT2D eigenvalue weighted by Gasteiger charge is -2.13. The van der Waals surface area contributed by atoms with Gasteiger partial charge >= 0.3 is 0 Å². The summed E-state index contributed by atoms with van der Waals surface area (Å²) < 4.78 is 18.3. The summed E-state index contributed by atoms with van der Waals surface area (Å²) in [6, 6.07) is 4.66. The van der Waals surface area contributed by atoms with Crippen LogP contribution in [0.25, 0.3) is 0 Å². The van der Waals surface area contributed by atoms with Crippen LogP contribution in [-0.2, 0) is 11.2 Å². The molecule has 1 aromatic carbocycles. The lowest BCUT2D eigenvalue weighted by Crippen LogP contribution is -2.32. The monoisotopic (exact) mass is 297 g/mol. The van der Waals surface area contributed by atoms with Crippen molar-refractivity contribution in [2.24, 2.45) is 5.92 Å². The number of benzene rings is 1. The first-order valence-electron chi connectivity index (χ1n) is 7.19. The molecule has 4 nitrogen and oxygen atoms in total. The third kappa shape index (κ3) is 6.58. The number of aliphatic hydroxyl groups is 1. The van der Waals surface area contributed by atoms with Gasteiger partial charge in [0.2, 0.25) is 5.91 Å². The predicted molar refractivity (Wildman–Crippen MR) is 79.7 cm³/mol. The van der Waals surface area contributed by atoms with E-state index in [0.717, 1.165) is 5.56 Å². The van der Waals surface area contributed by atoms with Crippen LogP contribution < -0.4 is 10.1 Å². The third-order valence-electron chi connectivity index (χ3n) is 3.14. The van der Waals surface area contributed by atoms with Gasteiger partial charge in [-0.05, 0) is 36.5 Å². The quantitative estimate of drug-likeness (QED) is 0.774. The summed E-state index contributed by atoms with van der Waals surface area (Å²) in [6.07, 6.45) is 0.851. The van der Waals surface area contributed by atoms with Gasteiger partial charge < -0.3 is 15.2 Å². The van der Waals surface area contributed by atoms with Crippen molar-refractivity contribution in [3.63, 3.8) is 0 Å². The van der Waals surface area contributed by atoms with Crippen LogP contribution in [0.15, 0.2) is 18.2 Å². The van der Waals surface area contributed by atoms with Crippen LogP contribution in [0.5, 0.6) is 5.75 Å². The summed E-state index contributed by atoms with van der Waals surface area (Å²) in [5, 5.41) is 12.4. The highest BCUT2D eigenvalue weighted by molar-refractivity contribution is 5.76. The predicted octanol–water partition coefficient (Wildman–Crippen LogP) is 2.29. The molecule has 0 aliphatic heterocycles. The number of aliphatic hydroxyl groups excluding tert-OH is 1. The largest absolute Gasteiger partial charge is 0.494 e. The van der Waals surface area contributed by atoms with E-state index in [4.69, 9.17) is 4.74 Å². The van der Waals surface area contributed by atoms with Crippen LogP contribution in [0, 0.1) is 11.7 Å². The molecule has 0 saturated heterocycles. The van der Waals surface area contributed by atoms with Crippen LogP contribution in [0.4, 0.5) is 4.39 Å². The van der Waals surface area contributed by atoms with Crippen molar-refractivity contribution in [3.8, 4) is 5.75 Å². The van der Waals surface area contributed by atoms with Gasteiger partial charge in [0, 0.05) is 13.0 Å². The van der Waals surface area contributed by atoms with Crippen LogP contribution >= 0.6 is 0 Å². The van der Waals surface area contributed by atoms with Gasteiger partial charge in [-0.1, -0.05) is 19.9 Å². The van der Waals surface area contributed by atoms with E-state index in [1.54, 1.807) is 12.1 Å². The molecule has 118 valence electrons. The van der Waals surface area contributed by atoms with E-state index in [9.17, 15) is 14.3 Å². The number of nitrogens with one attached hydrogen (secondary N) is 1. The minimum Gasteiger partial charge on any atom is -0.494 e. The fourth-order valence-electron chi connectivity index (χ4n) is 2.07. The molecule has 0 spiro atoms. The van der Waals surface area contributed by atoms with Crippen LogP contribution in [0.3, 0.4) is 0 Å². The molecular weight excluding hydrogens is 273 g/mol. The summed E-state index contributed by atoms with van der Waals surface area (Å²) >= 11 is 0. The molecule has 0 saturated carbocycles. The molecule has 0 radical (unpaired) electrons. The highest BCUT2D eigenvalue weighted by atomic mass is 19.1. The molecule has 1 atom stereocenters. The smallest absolute Gasteiger partial charge is 0.220 e. The van der Waals surface area contributed by atoms with Gasteiger partial charge in [0.15, 0.2) is 11.6 Å². The van der Waals surface area contributed by atoms with Crippen molar-refractivity contribution in [1.29, 1.82) is 0 Å². The molecule has 0 heterocycles. The van der Waals surface area contributed by atoms with E-state index in [2.05, 4.69) is 5.32 Å². The van der Waals surface area contributed by atoms with E-state index < -0.39 is 11.9 Å². The second-order valence-corrected chi connectivity index (χ2v) is 5.56. The second kappa shape index (κ2) is 8.62. The zero-order valence-corrected chi connectivity index (χ0v) is 12.9. The van der Waals surface area contributed by atoms with Gasteiger partial charge in [0.05, 0.1) is 13.2 Å². The van der Waals surface area contributed by atoms with Crippen LogP contribution in [0.1, 0.15) is 32.3 Å². The lowest BCUT2D eigenvalue weighted by atomic mass is 10.1. The summed E-state index contributed by atoms with van der Waals surface area (Å²) in [4.78, 5) is 11.7. The number of aryl methyl sites for hydroxylation is 1. The molecule has 1 rings (SSSR count). The maximum absolute atomic E-state index is 13.5. The average molecular weight is 297 g/mol. The third-order valence-corrected chi connectivity index (χ3v) is 3.14. The number of ether oxygens (including phenoxy) is 1. The molecule has 0 fully saturated rings. The Bertz CT molecular complexity index is 463. The highest BCUT2D eigenvalue weighted by Crippen LogP contribution is 2.18. The molecule has 0 aliphatic carbocycles. The van der Waals surface area contributed by atoms with Gasteiger partial charge in [-0.25, -0.2) is 4.39 Å². The Hall–Kier alpha value is -1.62. The lowest BCUT2D eigenvalue weighted by molar-refractivity contribution is -0.121. The van der Waals surface area contributed by atoms with Gasteiger partial charge in [0.25, 0.3) is 0 Å². The average Bonchev–Trinajstić information content (AvgIpc) is 2.42. The summed E-state index contributed by atoms with van der Waals surface area (Å²) in [5.74, 6) is 0.0102. The number of hydrogen-bond donors (Lipinski definition) is 2. The number of rotatable bonds is 8. The zero-order chi connectivity index (χ0) is 15.8. The van der Waals surface area contributed by atoms with Crippen LogP contribution in [0.2, 0.25) is 0 Å². The van der Waals surface area contributed by atoms with Crippen molar-refractivity contribution < 1.29 is 19.0 Å². The van der Waals surface area contributed by atoms with E-state index >= 15 is 0 Å². The SMILES string of the molecule is COc1ccc(CCC(=O)NCC(O)CC(C)C)cc1F. The Morgan fingerprint density at radius 3 is 2.71 bits per heavy atom. The normalized spacial score (nSPS) is 12.3. The van der Waals surface area contributed by atoms with Gasteiger partial charge in [-0.2, -0.15) is 0 Å². The number of halogens is 1. The second-order valence-electron chi connectivity index (χ2n) is 5.56. The van der Waals surface area contributed by atoms with E-state index in [-0.39, 0.29) is 24.6 Å². The molecule has 0 aliphatic rings. The van der Waals surface area contributed by atoms with Gasteiger partial charge in [-0.3, -0.25) is 4.79 Å². The molecular formula is C16H24FNO3. The van der Waals surface area contributed by atoms with Crippen molar-refractivity contribution in [1.82, 2.24) is 5.32 Å². The first-order chi connectivity index (χ1) is 9.92. The Morgan fingerprint density at radius 2 is 2.14 bits per heavy atom. The Labute approximate surface area is 125 Å². The molecule has 1 amide bonds. The fourth-order valence-corrected chi connectivity index (χ4v) is 2.07. The molecule has 1 aromatic rings. The number of carbonyl (C=O) groups is 1. The first kappa shape index (κ1) is 17.4. The van der Waals surface area contributed by atoms with Crippen molar-refractivity contribution in [2.75, 3.05) is 13.7 Å². The number of amides is 1. The maximum atomic E-state index is 13.5. The summed E-state index contributed by atoms with van der Waals surface area (Å²) in [5.41, 5.74) is 0.742. The molecule has 0 bridgehead atoms. The first-order valence-corrected chi connectivity index (χ1v) is 7.19. The molecule has 0 aromatic heterocycles. The molecule has 5 heteroatoms. The standard InChI is InChI=1S/C16H24FNO3/c1-11(2)8-13(19)10-18-16(20)7-5-12-4-6-15(21-3)14(17)9-12/h4,6,9,11,13,19H,5,7-8,10H2,1-3H3,(H,18,20). The van der Waals surface area contributed by atoms with E-state index in [1.165, 1.54) is 13.2 Å². The molecule has 1 unspecified atom stereocenters. The Morgan fingerprint density at radius 1 is 1.43 bits per heavy atom. The maximum Gasteiger partial charge on any atom is 0.220 e. The molecule has 21 heavy (non-hydrogen) atoms. The zero-order valence-electron chi connectivity index (χ0n) is 12.9. The van der Waals surface area contributed by atoms with Crippen LogP contribution in [-0.4, -0.2) is 30.8 Å². The van der Waals surface area contributed by atoms with E-state index in [0.29, 0.717) is 18.8 Å². The number of methoxy groups -OCH3 is 1. The van der Waals surface area contributed by atoms with Crippen molar-refractivity contribution in [2.45, 2.75) is 39.2 Å². The summed E-state index contributed by atoms with van der Waals surface area (Å²) in [6.45, 7) is 4.29. The van der Waals surface area contributed by atoms with Gasteiger partial charge in [0.1, 0.15) is 0 Å². The van der Waals surface area contributed by atoms with Crippen molar-refractivity contribution >= 4 is 5.91 Å². The van der Waals surface area contributed by atoms with E-state index in [1.807, 2.05) is 13.8 Å². The summed E-state index contributed by atoms with van der Waals surface area (Å²) in [7, 11) is 1.41. The minimum atomic E-state index is -0.521. The fraction of sp³-hybridized carbons (Fsp3) is 0.562. The Kier molecular flexibility index (Phi) is 7.15. The topological polar surface area (TPSA) is 58.6 Å². The number of carbonyl (C=O) groups excluding carboxylic acids is 1. The minimum absolute atomic E-state index is 0.144. The van der Waals surface area contributed by atoms with Crippen molar-refractivity contribution in [3.05, 3.63) is 29.6 Å². The van der Waals surface area contributed by atoms with Gasteiger partial charge in [-0.15, -0.1) is 0 Å². The Balaban J connectivity index is 2.34. The number of hydrogen-bond acceptors (Lipinski definition) is 3. The highest BCUT2D eigenvalue weighted by Gasteiger charge is 2.10.